The van der Waals surface area contributed by atoms with Gasteiger partial charge in [-0.25, -0.2) is 0 Å². The van der Waals surface area contributed by atoms with Crippen molar-refractivity contribution >= 4 is 16.8 Å². The van der Waals surface area contributed by atoms with Crippen LogP contribution in [0.5, 0.6) is 0 Å². The number of carbonyl (C=O) groups excluding carboxylic acids is 1. The zero-order valence-corrected chi connectivity index (χ0v) is 27.8. The first-order valence-corrected chi connectivity index (χ1v) is 13.6. The van der Waals surface area contributed by atoms with E-state index >= 15 is 0 Å². The van der Waals surface area contributed by atoms with Gasteiger partial charge in [0.05, 0.1) is 12.0 Å². The third-order valence-corrected chi connectivity index (χ3v) is 6.58. The molecule has 4 rings (SSSR count). The third kappa shape index (κ3) is 8.25. The van der Waals surface area contributed by atoms with Crippen LogP contribution in [-0.4, -0.2) is 15.9 Å². The maximum absolute atomic E-state index is 10.0. The van der Waals surface area contributed by atoms with Crippen LogP contribution in [0.4, 0.5) is 0 Å². The first-order chi connectivity index (χ1) is 18.2. The summed E-state index contributed by atoms with van der Waals surface area (Å²) < 4.78 is 6.36. The smallest absolute Gasteiger partial charge is 0.155 e. The second-order valence-electron chi connectivity index (χ2n) is 12.0. The van der Waals surface area contributed by atoms with Crippen LogP contribution in [0.25, 0.3) is 33.6 Å². The molecule has 0 unspecified atom stereocenters. The molecule has 4 nitrogen and oxygen atoms in total. The number of aliphatic hydroxyl groups excluding tert-OH is 1. The monoisotopic (exact) mass is 717 g/mol. The Hall–Kier alpha value is -3.01. The van der Waals surface area contributed by atoms with Gasteiger partial charge >= 0.3 is 0 Å². The fraction of sp³-hybridized carbons (Fsp3) is 0.371. The van der Waals surface area contributed by atoms with Gasteiger partial charge in [-0.15, -0.1) is 34.9 Å². The van der Waals surface area contributed by atoms with Crippen molar-refractivity contribution in [3.05, 3.63) is 88.8 Å². The van der Waals surface area contributed by atoms with Crippen molar-refractivity contribution in [1.29, 1.82) is 0 Å². The van der Waals surface area contributed by atoms with E-state index in [-0.39, 0.29) is 37.1 Å². The van der Waals surface area contributed by atoms with Crippen LogP contribution in [0.3, 0.4) is 0 Å². The summed E-state index contributed by atoms with van der Waals surface area (Å²) in [5.41, 5.74) is 9.17. The van der Waals surface area contributed by atoms with Crippen LogP contribution in [0.2, 0.25) is 0 Å². The van der Waals surface area contributed by atoms with Crippen molar-refractivity contribution in [3.63, 3.8) is 0 Å². The topological polar surface area (TPSA) is 63.3 Å². The molecule has 0 atom stereocenters. The molecule has 0 saturated heterocycles. The van der Waals surface area contributed by atoms with Gasteiger partial charge < -0.3 is 14.5 Å². The molecule has 0 fully saturated rings. The first kappa shape index (κ1) is 33.2. The number of carbonyl (C=O) groups is 1. The number of pyridine rings is 1. The Bertz CT molecular complexity index is 1470. The molecule has 1 radical (unpaired) electrons. The van der Waals surface area contributed by atoms with E-state index in [1.807, 2.05) is 6.20 Å². The molecule has 5 heteroatoms. The Morgan fingerprint density at radius 1 is 1.00 bits per heavy atom. The molecule has 0 aliphatic rings. The average molecular weight is 717 g/mol. The van der Waals surface area contributed by atoms with Gasteiger partial charge in [-0.1, -0.05) is 79.7 Å². The predicted molar refractivity (Wildman–Crippen MR) is 162 cm³/mol. The van der Waals surface area contributed by atoms with Crippen LogP contribution in [0, 0.1) is 13.0 Å². The van der Waals surface area contributed by atoms with Gasteiger partial charge in [-0.2, -0.15) is 0 Å². The first-order valence-electron chi connectivity index (χ1n) is 13.6. The number of aryl methyl sites for hydroxylation is 1. The second kappa shape index (κ2) is 13.6. The van der Waals surface area contributed by atoms with Crippen LogP contribution >= 0.6 is 0 Å². The van der Waals surface area contributed by atoms with Crippen LogP contribution < -0.4 is 0 Å². The van der Waals surface area contributed by atoms with Crippen LogP contribution in [0.1, 0.15) is 96.4 Å². The summed E-state index contributed by atoms with van der Waals surface area (Å²) in [5.74, 6) is 1.70. The summed E-state index contributed by atoms with van der Waals surface area (Å²) in [6.07, 6.45) is 3.02. The van der Waals surface area contributed by atoms with Crippen molar-refractivity contribution in [1.82, 2.24) is 4.98 Å². The molecule has 2 heterocycles. The molecule has 0 spiro atoms. The van der Waals surface area contributed by atoms with E-state index < -0.39 is 0 Å². The fourth-order valence-corrected chi connectivity index (χ4v) is 4.63. The average Bonchev–Trinajstić information content (AvgIpc) is 3.25. The Balaban J connectivity index is 0.000000623. The Kier molecular flexibility index (Phi) is 11.3. The molecule has 4 aromatic rings. The fourth-order valence-electron chi connectivity index (χ4n) is 4.63. The van der Waals surface area contributed by atoms with Crippen LogP contribution in [-0.2, 0) is 30.3 Å². The van der Waals surface area contributed by atoms with Crippen molar-refractivity contribution < 1.29 is 34.4 Å². The van der Waals surface area contributed by atoms with Crippen molar-refractivity contribution in [2.75, 3.05) is 0 Å². The Morgan fingerprint density at radius 2 is 1.60 bits per heavy atom. The number of hydrogen-bond acceptors (Lipinski definition) is 4. The van der Waals surface area contributed by atoms with E-state index in [0.29, 0.717) is 11.8 Å². The van der Waals surface area contributed by atoms with Crippen molar-refractivity contribution in [3.8, 4) is 22.6 Å². The Morgan fingerprint density at radius 3 is 2.08 bits per heavy atom. The van der Waals surface area contributed by atoms with E-state index in [2.05, 4.69) is 104 Å². The zero-order chi connectivity index (χ0) is 29.1. The Labute approximate surface area is 253 Å². The van der Waals surface area contributed by atoms with Gasteiger partial charge in [0.2, 0.25) is 0 Å². The van der Waals surface area contributed by atoms with E-state index in [1.165, 1.54) is 42.2 Å². The number of aliphatic hydroxyl groups is 1. The molecule has 1 N–H and O–H groups in total. The van der Waals surface area contributed by atoms with Gasteiger partial charge in [-0.3, -0.25) is 4.79 Å². The molecule has 2 aromatic heterocycles. The SMILES string of the molecule is CC(=O)/C=C(/C)O.Cc1[c-]c(-c2cc3cc(-c4c(C(C)C)cccc4C(C)C)oc3cn2)cc(C(C)(C)C)c1.[Ir]. The molecule has 0 saturated carbocycles. The summed E-state index contributed by atoms with van der Waals surface area (Å²) in [6.45, 7) is 20.6. The molecular weight excluding hydrogens is 675 g/mol. The van der Waals surface area contributed by atoms with Crippen molar-refractivity contribution in [2.45, 2.75) is 86.5 Å². The molecule has 0 amide bonds. The predicted octanol–water partition coefficient (Wildman–Crippen LogP) is 9.85. The number of rotatable bonds is 5. The number of fused-ring (bicyclic) bond motifs is 1. The van der Waals surface area contributed by atoms with E-state index in [0.717, 1.165) is 33.6 Å². The van der Waals surface area contributed by atoms with Gasteiger partial charge in [0, 0.05) is 37.1 Å². The maximum Gasteiger partial charge on any atom is 0.155 e. The molecule has 215 valence electrons. The van der Waals surface area contributed by atoms with Crippen molar-refractivity contribution in [2.24, 2.45) is 0 Å². The molecule has 0 bridgehead atoms. The van der Waals surface area contributed by atoms with E-state index in [4.69, 9.17) is 14.5 Å². The van der Waals surface area contributed by atoms with E-state index in [1.54, 1.807) is 0 Å². The minimum atomic E-state index is -0.125. The van der Waals surface area contributed by atoms with Gasteiger partial charge in [0.15, 0.2) is 11.4 Å². The summed E-state index contributed by atoms with van der Waals surface area (Å²) >= 11 is 0. The van der Waals surface area contributed by atoms with Gasteiger partial charge in [-0.05, 0) is 54.0 Å². The third-order valence-electron chi connectivity index (χ3n) is 6.58. The summed E-state index contributed by atoms with van der Waals surface area (Å²) in [4.78, 5) is 14.8. The number of furan rings is 1. The van der Waals surface area contributed by atoms with Gasteiger partial charge in [0.1, 0.15) is 5.76 Å². The zero-order valence-electron chi connectivity index (χ0n) is 25.4. The van der Waals surface area contributed by atoms with Gasteiger partial charge in [0.25, 0.3) is 0 Å². The number of aromatic nitrogens is 1. The summed E-state index contributed by atoms with van der Waals surface area (Å²) in [7, 11) is 0. The second-order valence-corrected chi connectivity index (χ2v) is 12.0. The molecule has 40 heavy (non-hydrogen) atoms. The number of hydrogen-bond donors (Lipinski definition) is 1. The minimum absolute atomic E-state index is 0. The number of allylic oxidation sites excluding steroid dienone is 2. The maximum atomic E-state index is 10.0. The normalized spacial score (nSPS) is 11.8. The minimum Gasteiger partial charge on any atom is -0.512 e. The van der Waals surface area contributed by atoms with Crippen LogP contribution in [0.15, 0.2) is 64.9 Å². The number of ketones is 1. The largest absolute Gasteiger partial charge is 0.512 e. The quantitative estimate of drug-likeness (QED) is 0.127. The molecule has 0 aliphatic carbocycles. The number of benzene rings is 2. The summed E-state index contributed by atoms with van der Waals surface area (Å²) in [6, 6.07) is 18.8. The molecule has 2 aromatic carbocycles. The molecular formula is C35H42IrNO3-. The summed E-state index contributed by atoms with van der Waals surface area (Å²) in [5, 5.41) is 9.44. The molecule has 0 aliphatic heterocycles. The van der Waals surface area contributed by atoms with E-state index in [9.17, 15) is 4.79 Å². The standard InChI is InChI=1S/C30H34NO.C5H8O2.Ir/c1-18(2)24-10-9-11-25(19(3)4)29(24)27-16-22-15-26(31-17-28(22)32-27)21-12-20(5)13-23(14-21)30(6,7)8;1-4(6)3-5(2)7;/h9-11,13-19H,1-8H3;3,6H,1-2H3;/q-1;;/b;4-3-;. The number of nitrogens with zero attached hydrogens (tertiary/aromatic N) is 1.